The van der Waals surface area contributed by atoms with Crippen LogP contribution >= 0.6 is 34.7 Å². The zero-order valence-corrected chi connectivity index (χ0v) is 18.7. The fourth-order valence-corrected chi connectivity index (χ4v) is 4.66. The molecule has 0 fully saturated rings. The summed E-state index contributed by atoms with van der Waals surface area (Å²) in [6.45, 7) is 2.18. The summed E-state index contributed by atoms with van der Waals surface area (Å²) < 4.78 is 1.92. The molecule has 4 rings (SSSR count). The number of thioether (sulfide) groups is 1. The molecule has 1 aromatic carbocycles. The first kappa shape index (κ1) is 21.4. The molecule has 158 valence electrons. The van der Waals surface area contributed by atoms with E-state index in [0.29, 0.717) is 34.1 Å². The second-order valence-electron chi connectivity index (χ2n) is 6.11. The number of halogens is 1. The molecule has 0 unspecified atom stereocenters. The monoisotopic (exact) mass is 472 g/mol. The first-order chi connectivity index (χ1) is 15.2. The minimum Gasteiger partial charge on any atom is -0.274 e. The number of amides is 1. The summed E-state index contributed by atoms with van der Waals surface area (Å²) in [7, 11) is 0. The topological polar surface area (TPSA) is 94.8 Å². The Morgan fingerprint density at radius 1 is 1.23 bits per heavy atom. The van der Waals surface area contributed by atoms with Crippen LogP contribution in [0.1, 0.15) is 22.4 Å². The number of nitrogens with zero attached hydrogens (tertiary/aromatic N) is 5. The van der Waals surface area contributed by atoms with Crippen LogP contribution in [0.25, 0.3) is 17.1 Å². The van der Waals surface area contributed by atoms with E-state index in [1.54, 1.807) is 24.7 Å². The Hall–Kier alpha value is -2.79. The van der Waals surface area contributed by atoms with E-state index in [2.05, 4.69) is 25.6 Å². The van der Waals surface area contributed by atoms with Crippen molar-refractivity contribution in [3.8, 4) is 17.1 Å². The molecule has 0 bridgehead atoms. The number of para-hydroxylation sites is 1. The summed E-state index contributed by atoms with van der Waals surface area (Å²) in [4.78, 5) is 25.4. The molecule has 0 aliphatic heterocycles. The Morgan fingerprint density at radius 2 is 2.03 bits per heavy atom. The molecule has 4 aromatic rings. The van der Waals surface area contributed by atoms with Crippen LogP contribution in [-0.2, 0) is 10.6 Å². The third-order valence-electron chi connectivity index (χ3n) is 4.08. The molecule has 0 aliphatic rings. The van der Waals surface area contributed by atoms with E-state index >= 15 is 0 Å². The highest BCUT2D eigenvalue weighted by molar-refractivity contribution is 7.98. The van der Waals surface area contributed by atoms with Crippen LogP contribution in [0.2, 0.25) is 5.02 Å². The van der Waals surface area contributed by atoms with Crippen molar-refractivity contribution in [3.63, 3.8) is 0 Å². The van der Waals surface area contributed by atoms with Gasteiger partial charge in [0, 0.05) is 23.3 Å². The smallest absolute Gasteiger partial charge is 0.274 e. The lowest BCUT2D eigenvalue weighted by Gasteiger charge is -2.11. The third-order valence-corrected chi connectivity index (χ3v) is 6.37. The molecule has 0 aliphatic carbocycles. The molecule has 3 heterocycles. The van der Waals surface area contributed by atoms with Gasteiger partial charge in [0.1, 0.15) is 10.7 Å². The molecule has 1 amide bonds. The van der Waals surface area contributed by atoms with E-state index in [0.717, 1.165) is 16.3 Å². The summed E-state index contributed by atoms with van der Waals surface area (Å²) in [6.07, 6.45) is 3.41. The molecule has 0 atom stereocenters. The van der Waals surface area contributed by atoms with Gasteiger partial charge in [-0.05, 0) is 31.2 Å². The van der Waals surface area contributed by atoms with Crippen molar-refractivity contribution in [1.82, 2.24) is 30.2 Å². The molecular weight excluding hydrogens is 456 g/mol. The second kappa shape index (κ2) is 10.0. The first-order valence-corrected chi connectivity index (χ1v) is 11.5. The quantitative estimate of drug-likeness (QED) is 0.299. The first-order valence-electron chi connectivity index (χ1n) is 9.27. The van der Waals surface area contributed by atoms with Crippen molar-refractivity contribution in [2.75, 3.05) is 6.61 Å². The molecule has 0 spiro atoms. The summed E-state index contributed by atoms with van der Waals surface area (Å²) >= 11 is 9.34. The largest absolute Gasteiger partial charge is 0.294 e. The average Bonchev–Trinajstić information content (AvgIpc) is 3.44. The van der Waals surface area contributed by atoms with Gasteiger partial charge in [0.2, 0.25) is 0 Å². The predicted octanol–water partition coefficient (Wildman–Crippen LogP) is 4.41. The molecule has 31 heavy (non-hydrogen) atoms. The van der Waals surface area contributed by atoms with E-state index < -0.39 is 0 Å². The molecule has 1 N–H and O–H groups in total. The average molecular weight is 473 g/mol. The number of nitrogens with one attached hydrogen (secondary N) is 1. The molecule has 0 radical (unpaired) electrons. The van der Waals surface area contributed by atoms with Gasteiger partial charge in [-0.1, -0.05) is 35.5 Å². The summed E-state index contributed by atoms with van der Waals surface area (Å²) in [5, 5.41) is 12.5. The minimum atomic E-state index is -0.367. The third kappa shape index (κ3) is 4.93. The summed E-state index contributed by atoms with van der Waals surface area (Å²) in [5.74, 6) is 0.813. The van der Waals surface area contributed by atoms with E-state index in [1.165, 1.54) is 23.1 Å². The molecule has 0 saturated carbocycles. The number of rotatable bonds is 8. The highest BCUT2D eigenvalue weighted by Gasteiger charge is 2.19. The molecule has 11 heteroatoms. The van der Waals surface area contributed by atoms with E-state index in [1.807, 2.05) is 41.0 Å². The van der Waals surface area contributed by atoms with Gasteiger partial charge in [-0.3, -0.25) is 19.2 Å². The van der Waals surface area contributed by atoms with E-state index in [9.17, 15) is 4.79 Å². The maximum absolute atomic E-state index is 12.0. The second-order valence-corrected chi connectivity index (χ2v) is 8.40. The molecule has 0 saturated heterocycles. The standard InChI is InChI=1S/C20H17ClN6O2S2/c1-2-29-26-19(28)15-11-30-17(23-15)12-31-20-25-24-18(13-7-9-22-10-8-13)27(20)16-6-4-3-5-14(16)21/h3-11H,2,12H2,1H3,(H,26,28). The highest BCUT2D eigenvalue weighted by atomic mass is 35.5. The fourth-order valence-electron chi connectivity index (χ4n) is 2.70. The molecule has 3 aromatic heterocycles. The zero-order chi connectivity index (χ0) is 21.6. The number of hydroxylamine groups is 1. The predicted molar refractivity (Wildman–Crippen MR) is 120 cm³/mol. The van der Waals surface area contributed by atoms with Crippen molar-refractivity contribution < 1.29 is 9.63 Å². The minimum absolute atomic E-state index is 0.319. The van der Waals surface area contributed by atoms with Gasteiger partial charge in [-0.25, -0.2) is 10.5 Å². The number of benzene rings is 1. The van der Waals surface area contributed by atoms with Gasteiger partial charge in [0.15, 0.2) is 11.0 Å². The van der Waals surface area contributed by atoms with E-state index in [4.69, 9.17) is 16.4 Å². The number of carbonyl (C=O) groups excluding carboxylic acids is 1. The maximum Gasteiger partial charge on any atom is 0.294 e. The number of pyridine rings is 1. The zero-order valence-electron chi connectivity index (χ0n) is 16.4. The number of carbonyl (C=O) groups is 1. The molecular formula is C20H17ClN6O2S2. The Kier molecular flexibility index (Phi) is 6.92. The Bertz CT molecular complexity index is 1180. The lowest BCUT2D eigenvalue weighted by atomic mass is 10.2. The van der Waals surface area contributed by atoms with Crippen molar-refractivity contribution in [2.24, 2.45) is 0 Å². The fraction of sp³-hybridized carbons (Fsp3) is 0.150. The van der Waals surface area contributed by atoms with Crippen molar-refractivity contribution >= 4 is 40.6 Å². The number of aromatic nitrogens is 5. The van der Waals surface area contributed by atoms with Gasteiger partial charge in [-0.2, -0.15) is 0 Å². The number of thiazole rings is 1. The Balaban J connectivity index is 1.61. The highest BCUT2D eigenvalue weighted by Crippen LogP contribution is 2.32. The normalized spacial score (nSPS) is 10.9. The lowest BCUT2D eigenvalue weighted by Crippen LogP contribution is -2.23. The van der Waals surface area contributed by atoms with Crippen LogP contribution in [0.15, 0.2) is 59.3 Å². The lowest BCUT2D eigenvalue weighted by molar-refractivity contribution is 0.0360. The Labute approximate surface area is 191 Å². The Morgan fingerprint density at radius 3 is 2.81 bits per heavy atom. The van der Waals surface area contributed by atoms with Gasteiger partial charge in [0.05, 0.1) is 23.1 Å². The van der Waals surface area contributed by atoms with Crippen LogP contribution in [-0.4, -0.2) is 37.2 Å². The van der Waals surface area contributed by atoms with Crippen LogP contribution in [0.3, 0.4) is 0 Å². The van der Waals surface area contributed by atoms with Crippen molar-refractivity contribution in [3.05, 3.63) is 69.9 Å². The van der Waals surface area contributed by atoms with Crippen LogP contribution < -0.4 is 5.48 Å². The number of hydrogen-bond donors (Lipinski definition) is 1. The van der Waals surface area contributed by atoms with Crippen molar-refractivity contribution in [2.45, 2.75) is 17.8 Å². The summed E-state index contributed by atoms with van der Waals surface area (Å²) in [6, 6.07) is 11.3. The van der Waals surface area contributed by atoms with Crippen molar-refractivity contribution in [1.29, 1.82) is 0 Å². The summed E-state index contributed by atoms with van der Waals surface area (Å²) in [5.41, 5.74) is 4.32. The van der Waals surface area contributed by atoms with E-state index in [-0.39, 0.29) is 5.91 Å². The van der Waals surface area contributed by atoms with Crippen LogP contribution in [0.5, 0.6) is 0 Å². The van der Waals surface area contributed by atoms with Gasteiger partial charge in [0.25, 0.3) is 5.91 Å². The number of hydrogen-bond acceptors (Lipinski definition) is 8. The maximum atomic E-state index is 12.0. The van der Waals surface area contributed by atoms with Gasteiger partial charge in [-0.15, -0.1) is 21.5 Å². The SMILES string of the molecule is CCONC(=O)c1csc(CSc2nnc(-c3ccncc3)n2-c2ccccc2Cl)n1. The van der Waals surface area contributed by atoms with Crippen LogP contribution in [0, 0.1) is 0 Å². The van der Waals surface area contributed by atoms with Gasteiger partial charge < -0.3 is 0 Å². The van der Waals surface area contributed by atoms with Crippen LogP contribution in [0.4, 0.5) is 0 Å². The van der Waals surface area contributed by atoms with Gasteiger partial charge >= 0.3 is 0 Å². The molecule has 8 nitrogen and oxygen atoms in total.